The topological polar surface area (TPSA) is 72.0 Å². The molecule has 1 heterocycles. The summed E-state index contributed by atoms with van der Waals surface area (Å²) in [6.45, 7) is 0.500. The van der Waals surface area contributed by atoms with Crippen LogP contribution in [-0.2, 0) is 13.0 Å². The third-order valence-electron chi connectivity index (χ3n) is 2.45. The Morgan fingerprint density at radius 2 is 1.94 bits per heavy atom. The van der Waals surface area contributed by atoms with Gasteiger partial charge in [-0.3, -0.25) is 10.4 Å². The lowest BCUT2D eigenvalue weighted by molar-refractivity contribution is 0.305. The highest BCUT2D eigenvalue weighted by molar-refractivity contribution is 5.79. The first kappa shape index (κ1) is 12.1. The predicted molar refractivity (Wildman–Crippen MR) is 70.6 cm³/mol. The molecule has 1 aromatic carbocycles. The van der Waals surface area contributed by atoms with Gasteiger partial charge >= 0.3 is 0 Å². The summed E-state index contributed by atoms with van der Waals surface area (Å²) in [4.78, 5) is 4.03. The van der Waals surface area contributed by atoms with Crippen molar-refractivity contribution in [3.05, 3.63) is 59.9 Å². The Hall–Kier alpha value is -2.36. The lowest BCUT2D eigenvalue weighted by Gasteiger charge is -2.06. The van der Waals surface area contributed by atoms with Crippen molar-refractivity contribution in [2.24, 2.45) is 5.73 Å². The molecule has 92 valence electrons. The zero-order valence-electron chi connectivity index (χ0n) is 9.97. The molecular formula is C14H15N3O. The molecule has 0 saturated carbocycles. The van der Waals surface area contributed by atoms with Crippen molar-refractivity contribution in [1.82, 2.24) is 4.98 Å². The number of hydrogen-bond acceptors (Lipinski definition) is 3. The Morgan fingerprint density at radius 1 is 1.17 bits per heavy atom. The third kappa shape index (κ3) is 3.59. The molecule has 0 radical (unpaired) electrons. The summed E-state index contributed by atoms with van der Waals surface area (Å²) in [6, 6.07) is 11.5. The van der Waals surface area contributed by atoms with Gasteiger partial charge in [0.15, 0.2) is 0 Å². The van der Waals surface area contributed by atoms with Crippen LogP contribution in [-0.4, -0.2) is 10.8 Å². The maximum atomic E-state index is 7.22. The van der Waals surface area contributed by atoms with Gasteiger partial charge in [0.2, 0.25) is 0 Å². The summed E-state index contributed by atoms with van der Waals surface area (Å²) >= 11 is 0. The van der Waals surface area contributed by atoms with E-state index in [1.165, 1.54) is 0 Å². The van der Waals surface area contributed by atoms with Gasteiger partial charge in [-0.05, 0) is 23.8 Å². The molecule has 0 atom stereocenters. The van der Waals surface area contributed by atoms with Gasteiger partial charge in [-0.15, -0.1) is 0 Å². The Morgan fingerprint density at radius 3 is 2.56 bits per heavy atom. The van der Waals surface area contributed by atoms with Crippen molar-refractivity contribution in [3.63, 3.8) is 0 Å². The lowest BCUT2D eigenvalue weighted by Crippen LogP contribution is -2.12. The van der Waals surface area contributed by atoms with E-state index in [1.54, 1.807) is 12.4 Å². The summed E-state index contributed by atoms with van der Waals surface area (Å²) in [6.07, 6.45) is 3.99. The highest BCUT2D eigenvalue weighted by Crippen LogP contribution is 2.14. The highest BCUT2D eigenvalue weighted by Gasteiger charge is 1.98. The quantitative estimate of drug-likeness (QED) is 0.622. The van der Waals surface area contributed by atoms with Gasteiger partial charge in [0, 0.05) is 24.4 Å². The van der Waals surface area contributed by atoms with E-state index in [9.17, 15) is 0 Å². The molecule has 0 unspecified atom stereocenters. The largest absolute Gasteiger partial charge is 0.489 e. The minimum Gasteiger partial charge on any atom is -0.489 e. The summed E-state index contributed by atoms with van der Waals surface area (Å²) in [5.41, 5.74) is 7.39. The standard InChI is InChI=1S/C14H15N3O/c15-14(16)8-11-3-5-13(6-4-11)18-10-12-2-1-7-17-9-12/h1-7,9H,8,10H2,(H3,15,16). The predicted octanol–water partition coefficient (Wildman–Crippen LogP) is 2.14. The summed E-state index contributed by atoms with van der Waals surface area (Å²) < 4.78 is 5.63. The molecule has 2 aromatic rings. The number of nitrogens with two attached hydrogens (primary N) is 1. The van der Waals surface area contributed by atoms with Crippen molar-refractivity contribution >= 4 is 5.84 Å². The average Bonchev–Trinajstić information content (AvgIpc) is 2.38. The lowest BCUT2D eigenvalue weighted by atomic mass is 10.1. The molecule has 18 heavy (non-hydrogen) atoms. The number of nitrogens with zero attached hydrogens (tertiary/aromatic N) is 1. The molecule has 0 fully saturated rings. The van der Waals surface area contributed by atoms with Crippen LogP contribution in [0.15, 0.2) is 48.8 Å². The minimum atomic E-state index is 0.166. The van der Waals surface area contributed by atoms with Crippen LogP contribution in [0.5, 0.6) is 5.75 Å². The fourth-order valence-corrected chi connectivity index (χ4v) is 1.57. The van der Waals surface area contributed by atoms with Crippen LogP contribution in [0.3, 0.4) is 0 Å². The summed E-state index contributed by atoms with van der Waals surface area (Å²) in [7, 11) is 0. The molecular weight excluding hydrogens is 226 g/mol. The van der Waals surface area contributed by atoms with Gasteiger partial charge in [-0.25, -0.2) is 0 Å². The monoisotopic (exact) mass is 241 g/mol. The van der Waals surface area contributed by atoms with Gasteiger partial charge in [-0.2, -0.15) is 0 Å². The molecule has 0 aliphatic heterocycles. The number of rotatable bonds is 5. The maximum absolute atomic E-state index is 7.22. The number of nitrogens with one attached hydrogen (secondary N) is 1. The van der Waals surface area contributed by atoms with Crippen LogP contribution < -0.4 is 10.5 Å². The zero-order chi connectivity index (χ0) is 12.8. The van der Waals surface area contributed by atoms with Crippen LogP contribution in [0.1, 0.15) is 11.1 Å². The maximum Gasteiger partial charge on any atom is 0.119 e. The van der Waals surface area contributed by atoms with E-state index in [0.717, 1.165) is 16.9 Å². The van der Waals surface area contributed by atoms with Crippen LogP contribution >= 0.6 is 0 Å². The van der Waals surface area contributed by atoms with Gasteiger partial charge in [-0.1, -0.05) is 18.2 Å². The van der Waals surface area contributed by atoms with E-state index in [0.29, 0.717) is 13.0 Å². The van der Waals surface area contributed by atoms with Crippen molar-refractivity contribution < 1.29 is 4.74 Å². The second-order valence-corrected chi connectivity index (χ2v) is 4.00. The molecule has 0 spiro atoms. The van der Waals surface area contributed by atoms with Gasteiger partial charge in [0.1, 0.15) is 12.4 Å². The normalized spacial score (nSPS) is 10.0. The van der Waals surface area contributed by atoms with Gasteiger partial charge in [0.05, 0.1) is 5.84 Å². The zero-order valence-corrected chi connectivity index (χ0v) is 9.97. The van der Waals surface area contributed by atoms with Crippen LogP contribution in [0.2, 0.25) is 0 Å². The van der Waals surface area contributed by atoms with Crippen molar-refractivity contribution in [2.45, 2.75) is 13.0 Å². The Bertz CT molecular complexity index is 508. The Balaban J connectivity index is 1.92. The molecule has 0 saturated heterocycles. The van der Waals surface area contributed by atoms with E-state index in [4.69, 9.17) is 15.9 Å². The van der Waals surface area contributed by atoms with Crippen molar-refractivity contribution in [3.8, 4) is 5.75 Å². The molecule has 0 bridgehead atoms. The third-order valence-corrected chi connectivity index (χ3v) is 2.45. The molecule has 2 rings (SSSR count). The molecule has 1 aromatic heterocycles. The number of amidine groups is 1. The molecule has 4 heteroatoms. The van der Waals surface area contributed by atoms with E-state index in [-0.39, 0.29) is 5.84 Å². The van der Waals surface area contributed by atoms with Crippen LogP contribution in [0.4, 0.5) is 0 Å². The van der Waals surface area contributed by atoms with E-state index >= 15 is 0 Å². The second kappa shape index (κ2) is 5.82. The first-order valence-electron chi connectivity index (χ1n) is 5.67. The Kier molecular flexibility index (Phi) is 3.91. The number of benzene rings is 1. The molecule has 0 amide bonds. The second-order valence-electron chi connectivity index (χ2n) is 4.00. The number of aromatic nitrogens is 1. The first-order chi connectivity index (χ1) is 8.74. The SMILES string of the molecule is N=C(N)Cc1ccc(OCc2cccnc2)cc1. The molecule has 3 N–H and O–H groups in total. The number of ether oxygens (including phenoxy) is 1. The van der Waals surface area contributed by atoms with Crippen LogP contribution in [0.25, 0.3) is 0 Å². The van der Waals surface area contributed by atoms with Gasteiger partial charge in [0.25, 0.3) is 0 Å². The van der Waals surface area contributed by atoms with Crippen molar-refractivity contribution in [1.29, 1.82) is 5.41 Å². The smallest absolute Gasteiger partial charge is 0.119 e. The molecule has 0 aliphatic carbocycles. The number of hydrogen-bond donors (Lipinski definition) is 2. The van der Waals surface area contributed by atoms with Crippen molar-refractivity contribution in [2.75, 3.05) is 0 Å². The van der Waals surface area contributed by atoms with E-state index in [2.05, 4.69) is 4.98 Å². The summed E-state index contributed by atoms with van der Waals surface area (Å²) in [5, 5.41) is 7.22. The number of pyridine rings is 1. The fourth-order valence-electron chi connectivity index (χ4n) is 1.57. The minimum absolute atomic E-state index is 0.166. The Labute approximate surface area is 106 Å². The van der Waals surface area contributed by atoms with E-state index < -0.39 is 0 Å². The molecule has 4 nitrogen and oxygen atoms in total. The molecule has 0 aliphatic rings. The van der Waals surface area contributed by atoms with Crippen LogP contribution in [0, 0.1) is 5.41 Å². The van der Waals surface area contributed by atoms with E-state index in [1.807, 2.05) is 36.4 Å². The van der Waals surface area contributed by atoms with Gasteiger partial charge < -0.3 is 10.5 Å². The first-order valence-corrected chi connectivity index (χ1v) is 5.67. The highest BCUT2D eigenvalue weighted by atomic mass is 16.5. The summed E-state index contributed by atoms with van der Waals surface area (Å²) in [5.74, 6) is 0.963. The fraction of sp³-hybridized carbons (Fsp3) is 0.143. The average molecular weight is 241 g/mol.